The third-order valence-electron chi connectivity index (χ3n) is 6.81. The first-order valence-electron chi connectivity index (χ1n) is 13.2. The second-order valence-electron chi connectivity index (χ2n) is 11.3. The molecule has 2 N–H and O–H groups in total. The number of rotatable bonds is 10. The van der Waals surface area contributed by atoms with Crippen LogP contribution in [0.4, 0.5) is 0 Å². The fourth-order valence-corrected chi connectivity index (χ4v) is 5.06. The van der Waals surface area contributed by atoms with Gasteiger partial charge in [0.15, 0.2) is 0 Å². The number of ether oxygens (including phenoxy) is 1. The molecule has 1 aliphatic heterocycles. The maximum atomic E-state index is 13.4. The van der Waals surface area contributed by atoms with Crippen molar-refractivity contribution in [1.82, 2.24) is 10.0 Å². The highest BCUT2D eigenvalue weighted by Gasteiger charge is 2.40. The predicted octanol–water partition coefficient (Wildman–Crippen LogP) is 5.21. The molecule has 1 heterocycles. The van der Waals surface area contributed by atoms with Crippen molar-refractivity contribution in [2.75, 3.05) is 12.9 Å². The Bertz CT molecular complexity index is 1290. The first kappa shape index (κ1) is 29.4. The molecule has 7 nitrogen and oxygen atoms in total. The van der Waals surface area contributed by atoms with Crippen LogP contribution in [0.5, 0.6) is 5.75 Å². The molecular formula is C30H40N2O5S. The van der Waals surface area contributed by atoms with Gasteiger partial charge in [-0.15, -0.1) is 0 Å². The lowest BCUT2D eigenvalue weighted by Crippen LogP contribution is -2.50. The molecule has 1 atom stereocenters. The fraction of sp³-hybridized carbons (Fsp3) is 0.467. The largest absolute Gasteiger partial charge is 0.494 e. The van der Waals surface area contributed by atoms with Crippen molar-refractivity contribution in [3.8, 4) is 5.75 Å². The average molecular weight is 541 g/mol. The number of carbonyl (C=O) groups excluding carboxylic acids is 2. The van der Waals surface area contributed by atoms with Crippen molar-refractivity contribution in [3.63, 3.8) is 0 Å². The number of nitrogens with one attached hydrogen (secondary N) is 2. The van der Waals surface area contributed by atoms with Crippen LogP contribution in [-0.4, -0.2) is 33.1 Å². The van der Waals surface area contributed by atoms with E-state index in [0.29, 0.717) is 24.2 Å². The zero-order chi connectivity index (χ0) is 28.1. The standard InChI is InChI=1S/C30H40N2O5S/c1-7-8-9-10-19-37-24-17-15-23(16-18-24)30(5)20-25(21-11-13-22(14-12-21)29(2,3)4)26(27(33)31-30)28(34)32-38(6,35)36/h11-18H,7-10,19-20H2,1-6H3,(H,31,33)(H,32,34)/t30-/m0/s1. The molecule has 2 aromatic rings. The molecule has 2 aromatic carbocycles. The van der Waals surface area contributed by atoms with E-state index >= 15 is 0 Å². The Kier molecular flexibility index (Phi) is 9.08. The van der Waals surface area contributed by atoms with Crippen LogP contribution < -0.4 is 14.8 Å². The van der Waals surface area contributed by atoms with Crippen molar-refractivity contribution in [1.29, 1.82) is 0 Å². The first-order valence-corrected chi connectivity index (χ1v) is 15.0. The summed E-state index contributed by atoms with van der Waals surface area (Å²) in [5, 5.41) is 2.95. The van der Waals surface area contributed by atoms with E-state index in [4.69, 9.17) is 4.74 Å². The van der Waals surface area contributed by atoms with Crippen LogP contribution in [0.2, 0.25) is 0 Å². The van der Waals surface area contributed by atoms with Crippen molar-refractivity contribution < 1.29 is 22.7 Å². The normalized spacial score (nSPS) is 18.2. The van der Waals surface area contributed by atoms with E-state index in [1.54, 1.807) is 0 Å². The van der Waals surface area contributed by atoms with Crippen molar-refractivity contribution >= 4 is 27.4 Å². The molecule has 1 aliphatic rings. The Hall–Kier alpha value is -3.13. The second-order valence-corrected chi connectivity index (χ2v) is 13.0. The van der Waals surface area contributed by atoms with Gasteiger partial charge in [0.2, 0.25) is 10.0 Å². The molecule has 0 aliphatic carbocycles. The molecule has 0 spiro atoms. The molecule has 0 aromatic heterocycles. The molecule has 2 amide bonds. The highest BCUT2D eigenvalue weighted by molar-refractivity contribution is 7.89. The number of unbranched alkanes of at least 4 members (excludes halogenated alkanes) is 3. The Labute approximate surface area is 227 Å². The fourth-order valence-electron chi connectivity index (χ4n) is 4.63. The molecule has 0 bridgehead atoms. The summed E-state index contributed by atoms with van der Waals surface area (Å²) < 4.78 is 31.4. The topological polar surface area (TPSA) is 102 Å². The maximum absolute atomic E-state index is 13.4. The minimum absolute atomic E-state index is 0.0678. The highest BCUT2D eigenvalue weighted by atomic mass is 32.2. The Morgan fingerprint density at radius 2 is 1.66 bits per heavy atom. The second kappa shape index (κ2) is 11.7. The summed E-state index contributed by atoms with van der Waals surface area (Å²) in [5.41, 5.74) is 2.08. The number of carbonyl (C=O) groups is 2. The van der Waals surface area contributed by atoms with Gasteiger partial charge in [0.1, 0.15) is 11.3 Å². The summed E-state index contributed by atoms with van der Waals surface area (Å²) in [6.07, 6.45) is 5.70. The van der Waals surface area contributed by atoms with Gasteiger partial charge in [-0.25, -0.2) is 13.1 Å². The van der Waals surface area contributed by atoms with Gasteiger partial charge < -0.3 is 10.1 Å². The van der Waals surface area contributed by atoms with E-state index in [0.717, 1.165) is 36.0 Å². The van der Waals surface area contributed by atoms with Crippen LogP contribution in [-0.2, 0) is 30.6 Å². The molecule has 0 saturated carbocycles. The van der Waals surface area contributed by atoms with E-state index in [1.165, 1.54) is 12.8 Å². The summed E-state index contributed by atoms with van der Waals surface area (Å²) in [5.74, 6) is -0.794. The summed E-state index contributed by atoms with van der Waals surface area (Å²) >= 11 is 0. The number of benzene rings is 2. The summed E-state index contributed by atoms with van der Waals surface area (Å²) in [4.78, 5) is 26.3. The first-order chi connectivity index (χ1) is 17.7. The van der Waals surface area contributed by atoms with Crippen molar-refractivity contribution in [2.24, 2.45) is 0 Å². The Morgan fingerprint density at radius 1 is 1.03 bits per heavy atom. The van der Waals surface area contributed by atoms with Crippen molar-refractivity contribution in [3.05, 3.63) is 70.8 Å². The van der Waals surface area contributed by atoms with Gasteiger partial charge in [-0.3, -0.25) is 9.59 Å². The van der Waals surface area contributed by atoms with Gasteiger partial charge >= 0.3 is 0 Å². The summed E-state index contributed by atoms with van der Waals surface area (Å²) in [6.45, 7) is 11.1. The average Bonchev–Trinajstić information content (AvgIpc) is 2.82. The number of amides is 2. The predicted molar refractivity (Wildman–Crippen MR) is 151 cm³/mol. The van der Waals surface area contributed by atoms with Gasteiger partial charge in [-0.2, -0.15) is 0 Å². The molecule has 0 saturated heterocycles. The van der Waals surface area contributed by atoms with Crippen LogP contribution >= 0.6 is 0 Å². The van der Waals surface area contributed by atoms with E-state index in [-0.39, 0.29) is 11.0 Å². The van der Waals surface area contributed by atoms with Crippen LogP contribution in [0.15, 0.2) is 54.1 Å². The minimum atomic E-state index is -3.85. The van der Waals surface area contributed by atoms with Gasteiger partial charge in [-0.1, -0.05) is 83.4 Å². The van der Waals surface area contributed by atoms with Crippen LogP contribution in [0, 0.1) is 0 Å². The zero-order valence-corrected chi connectivity index (χ0v) is 24.1. The molecule has 3 rings (SSSR count). The molecule has 8 heteroatoms. The molecule has 206 valence electrons. The van der Waals surface area contributed by atoms with E-state index in [9.17, 15) is 18.0 Å². The highest BCUT2D eigenvalue weighted by Crippen LogP contribution is 2.39. The van der Waals surface area contributed by atoms with Crippen LogP contribution in [0.1, 0.15) is 83.4 Å². The van der Waals surface area contributed by atoms with Crippen molar-refractivity contribution in [2.45, 2.75) is 77.7 Å². The Morgan fingerprint density at radius 3 is 2.21 bits per heavy atom. The maximum Gasteiger partial charge on any atom is 0.270 e. The van der Waals surface area contributed by atoms with E-state index in [2.05, 4.69) is 33.0 Å². The van der Waals surface area contributed by atoms with Gasteiger partial charge in [0.05, 0.1) is 18.4 Å². The van der Waals surface area contributed by atoms with Gasteiger partial charge in [-0.05, 0) is 53.2 Å². The van der Waals surface area contributed by atoms with Crippen LogP contribution in [0.3, 0.4) is 0 Å². The zero-order valence-electron chi connectivity index (χ0n) is 23.3. The third-order valence-corrected chi connectivity index (χ3v) is 7.37. The lowest BCUT2D eigenvalue weighted by molar-refractivity contribution is -0.124. The number of sulfonamides is 1. The van der Waals surface area contributed by atoms with Crippen LogP contribution in [0.25, 0.3) is 5.57 Å². The summed E-state index contributed by atoms with van der Waals surface area (Å²) in [6, 6.07) is 15.3. The van der Waals surface area contributed by atoms with E-state index in [1.807, 2.05) is 60.2 Å². The molecule has 0 radical (unpaired) electrons. The molecular weight excluding hydrogens is 500 g/mol. The minimum Gasteiger partial charge on any atom is -0.494 e. The SMILES string of the molecule is CCCCCCOc1ccc([C@]2(C)CC(c3ccc(C(C)(C)C)cc3)=C(C(=O)NS(C)(=O)=O)C(=O)N2)cc1. The smallest absolute Gasteiger partial charge is 0.270 e. The van der Waals surface area contributed by atoms with E-state index < -0.39 is 27.4 Å². The third kappa shape index (κ3) is 7.47. The quantitative estimate of drug-likeness (QED) is 0.318. The van der Waals surface area contributed by atoms with Gasteiger partial charge in [0, 0.05) is 6.42 Å². The monoisotopic (exact) mass is 540 g/mol. The molecule has 0 unspecified atom stereocenters. The van der Waals surface area contributed by atoms with Gasteiger partial charge in [0.25, 0.3) is 11.8 Å². The lowest BCUT2D eigenvalue weighted by Gasteiger charge is -2.37. The number of hydrogen-bond donors (Lipinski definition) is 2. The summed E-state index contributed by atoms with van der Waals surface area (Å²) in [7, 11) is -3.85. The lowest BCUT2D eigenvalue weighted by atomic mass is 9.77. The Balaban J connectivity index is 1.95. The molecule has 0 fully saturated rings. The molecule has 38 heavy (non-hydrogen) atoms. The number of hydrogen-bond acceptors (Lipinski definition) is 5.